The summed E-state index contributed by atoms with van der Waals surface area (Å²) in [5, 5.41) is 12.8. The highest BCUT2D eigenvalue weighted by molar-refractivity contribution is 6.32. The standard InChI is InChI=1S/C11H9ClFNO3/c1-6-11(10(15)16,5-14-17-6)9-7(12)3-2-4-8(9)13/h2-6H,1H3,(H,15,16). The molecule has 2 unspecified atom stereocenters. The number of benzene rings is 1. The second-order valence-corrected chi connectivity index (χ2v) is 4.16. The summed E-state index contributed by atoms with van der Waals surface area (Å²) in [7, 11) is 0. The number of rotatable bonds is 2. The molecule has 0 aliphatic carbocycles. The molecular formula is C11H9ClFNO3. The van der Waals surface area contributed by atoms with Crippen LogP contribution in [0, 0.1) is 5.82 Å². The molecule has 0 fully saturated rings. The van der Waals surface area contributed by atoms with E-state index in [1.165, 1.54) is 19.1 Å². The van der Waals surface area contributed by atoms with Gasteiger partial charge in [-0.3, -0.25) is 4.79 Å². The van der Waals surface area contributed by atoms with E-state index >= 15 is 0 Å². The van der Waals surface area contributed by atoms with Crippen molar-refractivity contribution in [2.75, 3.05) is 0 Å². The molecule has 0 spiro atoms. The lowest BCUT2D eigenvalue weighted by Gasteiger charge is -2.25. The Morgan fingerprint density at radius 3 is 2.82 bits per heavy atom. The molecule has 1 aromatic carbocycles. The zero-order valence-electron chi connectivity index (χ0n) is 8.85. The smallest absolute Gasteiger partial charge is 0.323 e. The number of hydrogen-bond donors (Lipinski definition) is 1. The minimum Gasteiger partial charge on any atom is -0.480 e. The third kappa shape index (κ3) is 1.58. The van der Waals surface area contributed by atoms with E-state index in [-0.39, 0.29) is 10.6 Å². The second kappa shape index (κ2) is 4.00. The number of oxime groups is 1. The lowest BCUT2D eigenvalue weighted by Crippen LogP contribution is -2.45. The fraction of sp³-hybridized carbons (Fsp3) is 0.273. The Balaban J connectivity index is 2.71. The molecule has 0 bridgehead atoms. The highest BCUT2D eigenvalue weighted by Crippen LogP contribution is 2.38. The number of nitrogens with zero attached hydrogens (tertiary/aromatic N) is 1. The van der Waals surface area contributed by atoms with Crippen LogP contribution in [0.3, 0.4) is 0 Å². The Hall–Kier alpha value is -1.62. The molecule has 2 rings (SSSR count). The first-order valence-electron chi connectivity index (χ1n) is 4.88. The van der Waals surface area contributed by atoms with E-state index < -0.39 is 23.3 Å². The van der Waals surface area contributed by atoms with Crippen LogP contribution < -0.4 is 0 Å². The van der Waals surface area contributed by atoms with Gasteiger partial charge in [-0.25, -0.2) is 4.39 Å². The van der Waals surface area contributed by atoms with Gasteiger partial charge in [-0.1, -0.05) is 22.8 Å². The lowest BCUT2D eigenvalue weighted by atomic mass is 9.77. The Bertz CT molecular complexity index is 485. The topological polar surface area (TPSA) is 58.9 Å². The minimum atomic E-state index is -1.68. The average molecular weight is 258 g/mol. The predicted molar refractivity (Wildman–Crippen MR) is 59.8 cm³/mol. The van der Waals surface area contributed by atoms with E-state index in [1.54, 1.807) is 0 Å². The summed E-state index contributed by atoms with van der Waals surface area (Å²) in [6, 6.07) is 4.00. The highest BCUT2D eigenvalue weighted by atomic mass is 35.5. The third-order valence-electron chi connectivity index (χ3n) is 2.85. The molecule has 0 amide bonds. The highest BCUT2D eigenvalue weighted by Gasteiger charge is 2.52. The number of aliphatic carboxylic acids is 1. The molecule has 4 nitrogen and oxygen atoms in total. The summed E-state index contributed by atoms with van der Waals surface area (Å²) < 4.78 is 13.8. The molecular weight excluding hydrogens is 249 g/mol. The van der Waals surface area contributed by atoms with Crippen molar-refractivity contribution in [3.63, 3.8) is 0 Å². The maximum atomic E-state index is 13.8. The zero-order valence-corrected chi connectivity index (χ0v) is 9.61. The van der Waals surface area contributed by atoms with Crippen LogP contribution in [0.5, 0.6) is 0 Å². The molecule has 1 aliphatic heterocycles. The molecule has 17 heavy (non-hydrogen) atoms. The maximum absolute atomic E-state index is 13.8. The van der Waals surface area contributed by atoms with E-state index in [4.69, 9.17) is 16.4 Å². The number of carboxylic acids is 1. The third-order valence-corrected chi connectivity index (χ3v) is 3.16. The van der Waals surface area contributed by atoms with Crippen molar-refractivity contribution in [1.82, 2.24) is 0 Å². The van der Waals surface area contributed by atoms with Gasteiger partial charge in [0.2, 0.25) is 0 Å². The van der Waals surface area contributed by atoms with Gasteiger partial charge in [0.1, 0.15) is 11.9 Å². The van der Waals surface area contributed by atoms with E-state index in [9.17, 15) is 14.3 Å². The molecule has 0 aromatic heterocycles. The molecule has 0 radical (unpaired) electrons. The van der Waals surface area contributed by atoms with Gasteiger partial charge >= 0.3 is 5.97 Å². The van der Waals surface area contributed by atoms with Crippen LogP contribution >= 0.6 is 11.6 Å². The van der Waals surface area contributed by atoms with Crippen molar-refractivity contribution >= 4 is 23.8 Å². The van der Waals surface area contributed by atoms with Crippen LogP contribution in [-0.4, -0.2) is 23.4 Å². The van der Waals surface area contributed by atoms with Crippen LogP contribution in [0.25, 0.3) is 0 Å². The van der Waals surface area contributed by atoms with Crippen molar-refractivity contribution in [2.45, 2.75) is 18.4 Å². The van der Waals surface area contributed by atoms with Gasteiger partial charge in [-0.15, -0.1) is 0 Å². The lowest BCUT2D eigenvalue weighted by molar-refractivity contribution is -0.144. The minimum absolute atomic E-state index is 0.0381. The van der Waals surface area contributed by atoms with Crippen LogP contribution in [0.2, 0.25) is 5.02 Å². The Kier molecular flexibility index (Phi) is 2.79. The van der Waals surface area contributed by atoms with Gasteiger partial charge in [0.15, 0.2) is 5.41 Å². The molecule has 1 heterocycles. The fourth-order valence-corrected chi connectivity index (χ4v) is 2.21. The normalized spacial score (nSPS) is 26.9. The molecule has 2 atom stereocenters. The quantitative estimate of drug-likeness (QED) is 0.884. The Morgan fingerprint density at radius 1 is 1.65 bits per heavy atom. The van der Waals surface area contributed by atoms with Crippen LogP contribution in [0.4, 0.5) is 4.39 Å². The van der Waals surface area contributed by atoms with Gasteiger partial charge in [0.05, 0.1) is 6.21 Å². The Morgan fingerprint density at radius 2 is 2.35 bits per heavy atom. The van der Waals surface area contributed by atoms with Gasteiger partial charge < -0.3 is 9.94 Å². The van der Waals surface area contributed by atoms with Gasteiger partial charge in [-0.2, -0.15) is 0 Å². The van der Waals surface area contributed by atoms with E-state index in [0.29, 0.717) is 0 Å². The summed E-state index contributed by atoms with van der Waals surface area (Å²) in [4.78, 5) is 16.3. The van der Waals surface area contributed by atoms with Crippen LogP contribution in [0.15, 0.2) is 23.4 Å². The van der Waals surface area contributed by atoms with Crippen molar-refractivity contribution in [3.8, 4) is 0 Å². The average Bonchev–Trinajstić information content (AvgIpc) is 2.61. The number of halogens is 2. The first kappa shape index (κ1) is 11.9. The van der Waals surface area contributed by atoms with E-state index in [0.717, 1.165) is 12.3 Å². The molecule has 90 valence electrons. The van der Waals surface area contributed by atoms with Crippen LogP contribution in [-0.2, 0) is 15.0 Å². The molecule has 1 N–H and O–H groups in total. The first-order chi connectivity index (χ1) is 8.00. The Labute approximate surface area is 102 Å². The molecule has 6 heteroatoms. The predicted octanol–water partition coefficient (Wildman–Crippen LogP) is 2.21. The van der Waals surface area contributed by atoms with E-state index in [1.807, 2.05) is 0 Å². The van der Waals surface area contributed by atoms with Gasteiger partial charge in [-0.05, 0) is 19.1 Å². The SMILES string of the molecule is CC1ON=CC1(C(=O)O)c1c(F)cccc1Cl. The van der Waals surface area contributed by atoms with Crippen molar-refractivity contribution in [2.24, 2.45) is 5.16 Å². The van der Waals surface area contributed by atoms with Gasteiger partial charge in [0, 0.05) is 10.6 Å². The maximum Gasteiger partial charge on any atom is 0.323 e. The summed E-state index contributed by atoms with van der Waals surface area (Å²) in [6.45, 7) is 1.50. The van der Waals surface area contributed by atoms with Crippen molar-refractivity contribution in [3.05, 3.63) is 34.6 Å². The molecule has 0 saturated heterocycles. The summed E-state index contributed by atoms with van der Waals surface area (Å²) >= 11 is 5.89. The number of hydrogen-bond acceptors (Lipinski definition) is 3. The number of carbonyl (C=O) groups is 1. The molecule has 1 aliphatic rings. The summed E-state index contributed by atoms with van der Waals surface area (Å²) in [6.07, 6.45) is 0.249. The summed E-state index contributed by atoms with van der Waals surface area (Å²) in [5.41, 5.74) is -1.80. The summed E-state index contributed by atoms with van der Waals surface area (Å²) in [5.74, 6) is -1.94. The number of carboxylic acid groups (broad SMARTS) is 1. The molecule has 1 aromatic rings. The van der Waals surface area contributed by atoms with E-state index in [2.05, 4.69) is 5.16 Å². The largest absolute Gasteiger partial charge is 0.480 e. The fourth-order valence-electron chi connectivity index (χ4n) is 1.89. The molecule has 0 saturated carbocycles. The van der Waals surface area contributed by atoms with Crippen molar-refractivity contribution in [1.29, 1.82) is 0 Å². The van der Waals surface area contributed by atoms with Gasteiger partial charge in [0.25, 0.3) is 0 Å². The second-order valence-electron chi connectivity index (χ2n) is 3.75. The van der Waals surface area contributed by atoms with Crippen LogP contribution in [0.1, 0.15) is 12.5 Å². The first-order valence-corrected chi connectivity index (χ1v) is 5.26. The zero-order chi connectivity index (χ0) is 12.6. The van der Waals surface area contributed by atoms with Crippen molar-refractivity contribution < 1.29 is 19.1 Å². The monoisotopic (exact) mass is 257 g/mol.